The summed E-state index contributed by atoms with van der Waals surface area (Å²) in [5.74, 6) is 0. The third-order valence-electron chi connectivity index (χ3n) is 3.18. The van der Waals surface area contributed by atoms with Gasteiger partial charge in [-0.15, -0.1) is 11.3 Å². The summed E-state index contributed by atoms with van der Waals surface area (Å²) >= 11 is 1.78. The first-order chi connectivity index (χ1) is 8.72. The molecule has 18 heavy (non-hydrogen) atoms. The van der Waals surface area contributed by atoms with Gasteiger partial charge in [0.1, 0.15) is 0 Å². The fourth-order valence-electron chi connectivity index (χ4n) is 2.00. The molecule has 2 aromatic rings. The number of thiophene rings is 1. The number of rotatable bonds is 5. The van der Waals surface area contributed by atoms with Crippen LogP contribution in [0.25, 0.3) is 0 Å². The summed E-state index contributed by atoms with van der Waals surface area (Å²) in [5, 5.41) is 2.10. The first-order valence-electron chi connectivity index (χ1n) is 6.02. The molecule has 0 amide bonds. The van der Waals surface area contributed by atoms with Gasteiger partial charge in [0.05, 0.1) is 0 Å². The van der Waals surface area contributed by atoms with Crippen LogP contribution < -0.4 is 4.90 Å². The molecule has 0 aliphatic heterocycles. The van der Waals surface area contributed by atoms with E-state index in [0.717, 1.165) is 24.0 Å². The summed E-state index contributed by atoms with van der Waals surface area (Å²) in [5.41, 5.74) is 1.74. The molecule has 0 N–H and O–H groups in total. The molecule has 3 heteroatoms. The number of carbonyl (C=O) groups is 1. The number of aldehydes is 1. The van der Waals surface area contributed by atoms with Crippen LogP contribution in [-0.2, 0) is 6.42 Å². The van der Waals surface area contributed by atoms with Gasteiger partial charge in [0, 0.05) is 35.6 Å². The van der Waals surface area contributed by atoms with Crippen LogP contribution in [0.3, 0.4) is 0 Å². The molecule has 94 valence electrons. The van der Waals surface area contributed by atoms with E-state index in [9.17, 15) is 4.79 Å². The Morgan fingerprint density at radius 3 is 2.72 bits per heavy atom. The lowest BCUT2D eigenvalue weighted by molar-refractivity contribution is 0.112. The fraction of sp³-hybridized carbons (Fsp3) is 0.267. The number of benzene rings is 1. The van der Waals surface area contributed by atoms with Crippen LogP contribution in [0.4, 0.5) is 5.69 Å². The average Bonchev–Trinajstić information content (AvgIpc) is 2.90. The Morgan fingerprint density at radius 2 is 2.06 bits per heavy atom. The summed E-state index contributed by atoms with van der Waals surface area (Å²) in [4.78, 5) is 14.6. The van der Waals surface area contributed by atoms with Crippen molar-refractivity contribution in [3.8, 4) is 0 Å². The molecule has 0 aliphatic carbocycles. The maximum absolute atomic E-state index is 11.0. The van der Waals surface area contributed by atoms with E-state index in [1.165, 1.54) is 4.88 Å². The van der Waals surface area contributed by atoms with E-state index in [1.807, 2.05) is 31.3 Å². The fourth-order valence-corrected chi connectivity index (χ4v) is 2.83. The SMILES string of the molecule is CC(Cc1cccs1)N(C)c1ccccc1C=O. The number of nitrogens with zero attached hydrogens (tertiary/aromatic N) is 1. The van der Waals surface area contributed by atoms with Gasteiger partial charge in [-0.05, 0) is 30.5 Å². The van der Waals surface area contributed by atoms with E-state index in [0.29, 0.717) is 6.04 Å². The predicted octanol–water partition coefficient (Wildman–Crippen LogP) is 3.63. The molecule has 1 aromatic carbocycles. The van der Waals surface area contributed by atoms with Crippen LogP contribution in [0.1, 0.15) is 22.2 Å². The minimum Gasteiger partial charge on any atom is -0.371 e. The zero-order valence-electron chi connectivity index (χ0n) is 10.7. The van der Waals surface area contributed by atoms with Crippen molar-refractivity contribution < 1.29 is 4.79 Å². The monoisotopic (exact) mass is 259 g/mol. The largest absolute Gasteiger partial charge is 0.371 e. The summed E-state index contributed by atoms with van der Waals surface area (Å²) < 4.78 is 0. The Morgan fingerprint density at radius 1 is 1.28 bits per heavy atom. The molecule has 2 rings (SSSR count). The summed E-state index contributed by atoms with van der Waals surface area (Å²) in [6.07, 6.45) is 1.92. The van der Waals surface area contributed by atoms with Crippen LogP contribution in [0.15, 0.2) is 41.8 Å². The Balaban J connectivity index is 2.15. The van der Waals surface area contributed by atoms with Gasteiger partial charge in [0.15, 0.2) is 6.29 Å². The molecule has 0 fully saturated rings. The van der Waals surface area contributed by atoms with Gasteiger partial charge in [-0.25, -0.2) is 0 Å². The lowest BCUT2D eigenvalue weighted by Gasteiger charge is -2.27. The molecule has 0 spiro atoms. The Labute approximate surface area is 112 Å². The molecule has 1 aromatic heterocycles. The van der Waals surface area contributed by atoms with Crippen molar-refractivity contribution in [1.82, 2.24) is 0 Å². The highest BCUT2D eigenvalue weighted by molar-refractivity contribution is 7.09. The zero-order chi connectivity index (χ0) is 13.0. The van der Waals surface area contributed by atoms with E-state index in [4.69, 9.17) is 0 Å². The number of anilines is 1. The highest BCUT2D eigenvalue weighted by Crippen LogP contribution is 2.22. The zero-order valence-corrected chi connectivity index (χ0v) is 11.5. The van der Waals surface area contributed by atoms with Crippen LogP contribution in [0.2, 0.25) is 0 Å². The van der Waals surface area contributed by atoms with E-state index in [2.05, 4.69) is 29.3 Å². The minimum absolute atomic E-state index is 0.366. The number of hydrogen-bond donors (Lipinski definition) is 0. The van der Waals surface area contributed by atoms with Crippen molar-refractivity contribution in [3.05, 3.63) is 52.2 Å². The highest BCUT2D eigenvalue weighted by Gasteiger charge is 2.13. The molecular formula is C15H17NOS. The van der Waals surface area contributed by atoms with Gasteiger partial charge in [0.25, 0.3) is 0 Å². The molecule has 1 heterocycles. The maximum Gasteiger partial charge on any atom is 0.152 e. The molecule has 0 saturated heterocycles. The smallest absolute Gasteiger partial charge is 0.152 e. The number of hydrogen-bond acceptors (Lipinski definition) is 3. The third-order valence-corrected chi connectivity index (χ3v) is 4.08. The minimum atomic E-state index is 0.366. The van der Waals surface area contributed by atoms with Crippen molar-refractivity contribution in [1.29, 1.82) is 0 Å². The van der Waals surface area contributed by atoms with Crippen molar-refractivity contribution in [3.63, 3.8) is 0 Å². The first kappa shape index (κ1) is 12.8. The summed E-state index contributed by atoms with van der Waals surface area (Å²) in [6.45, 7) is 2.18. The standard InChI is InChI=1S/C15H17NOS/c1-12(10-14-7-5-9-18-14)16(2)15-8-4-3-6-13(15)11-17/h3-9,11-12H,10H2,1-2H3. The number of para-hydroxylation sites is 1. The Kier molecular flexibility index (Phi) is 4.15. The van der Waals surface area contributed by atoms with Crippen molar-refractivity contribution in [2.75, 3.05) is 11.9 Å². The molecule has 1 unspecified atom stereocenters. The predicted molar refractivity (Wildman–Crippen MR) is 77.7 cm³/mol. The lowest BCUT2D eigenvalue weighted by Crippen LogP contribution is -2.31. The maximum atomic E-state index is 11.0. The molecule has 2 nitrogen and oxygen atoms in total. The topological polar surface area (TPSA) is 20.3 Å². The quantitative estimate of drug-likeness (QED) is 0.764. The van der Waals surface area contributed by atoms with E-state index in [-0.39, 0.29) is 0 Å². The first-order valence-corrected chi connectivity index (χ1v) is 6.89. The van der Waals surface area contributed by atoms with E-state index in [1.54, 1.807) is 11.3 Å². The lowest BCUT2D eigenvalue weighted by atomic mass is 10.1. The van der Waals surface area contributed by atoms with Gasteiger partial charge in [-0.1, -0.05) is 18.2 Å². The highest BCUT2D eigenvalue weighted by atomic mass is 32.1. The normalized spacial score (nSPS) is 12.1. The summed E-state index contributed by atoms with van der Waals surface area (Å²) in [7, 11) is 2.04. The van der Waals surface area contributed by atoms with Crippen molar-refractivity contribution in [2.45, 2.75) is 19.4 Å². The number of likely N-dealkylation sites (N-methyl/N-ethyl adjacent to an activating group) is 1. The van der Waals surface area contributed by atoms with Gasteiger partial charge < -0.3 is 4.90 Å². The Hall–Kier alpha value is -1.61. The van der Waals surface area contributed by atoms with Crippen LogP contribution in [0.5, 0.6) is 0 Å². The molecule has 0 bridgehead atoms. The van der Waals surface area contributed by atoms with Crippen LogP contribution in [0, 0.1) is 0 Å². The van der Waals surface area contributed by atoms with Crippen LogP contribution >= 0.6 is 11.3 Å². The van der Waals surface area contributed by atoms with E-state index >= 15 is 0 Å². The Bertz CT molecular complexity index is 507. The second-order valence-corrected chi connectivity index (χ2v) is 5.45. The molecule has 1 atom stereocenters. The molecular weight excluding hydrogens is 242 g/mol. The van der Waals surface area contributed by atoms with Gasteiger partial charge >= 0.3 is 0 Å². The van der Waals surface area contributed by atoms with Crippen LogP contribution in [-0.4, -0.2) is 19.4 Å². The molecule has 0 saturated carbocycles. The second-order valence-electron chi connectivity index (χ2n) is 4.42. The molecule has 0 aliphatic rings. The molecule has 0 radical (unpaired) electrons. The van der Waals surface area contributed by atoms with Crippen molar-refractivity contribution in [2.24, 2.45) is 0 Å². The average molecular weight is 259 g/mol. The van der Waals surface area contributed by atoms with E-state index < -0.39 is 0 Å². The third kappa shape index (κ3) is 2.79. The van der Waals surface area contributed by atoms with Gasteiger partial charge in [0.2, 0.25) is 0 Å². The van der Waals surface area contributed by atoms with Gasteiger partial charge in [-0.3, -0.25) is 4.79 Å². The van der Waals surface area contributed by atoms with Gasteiger partial charge in [-0.2, -0.15) is 0 Å². The summed E-state index contributed by atoms with van der Waals surface area (Å²) in [6, 6.07) is 12.3. The van der Waals surface area contributed by atoms with Crippen molar-refractivity contribution >= 4 is 23.3 Å². The second kappa shape index (κ2) is 5.83. The number of carbonyl (C=O) groups excluding carboxylic acids is 1.